The number of carboxylic acids is 1. The number of hydrogen-bond acceptors (Lipinski definition) is 4. The molecule has 22 heavy (non-hydrogen) atoms. The van der Waals surface area contributed by atoms with E-state index >= 15 is 0 Å². The van der Waals surface area contributed by atoms with Crippen LogP contribution in [0.25, 0.3) is 10.9 Å². The molecule has 6 nitrogen and oxygen atoms in total. The maximum atomic E-state index is 12.6. The predicted octanol–water partition coefficient (Wildman–Crippen LogP) is 1.08. The van der Waals surface area contributed by atoms with Crippen molar-refractivity contribution in [1.29, 1.82) is 0 Å². The number of rotatable bonds is 4. The minimum atomic E-state index is -1.26. The molecule has 0 fully saturated rings. The van der Waals surface area contributed by atoms with E-state index < -0.39 is 5.97 Å². The summed E-state index contributed by atoms with van der Waals surface area (Å²) < 4.78 is 1.57. The Morgan fingerprint density at radius 2 is 2.18 bits per heavy atom. The topological polar surface area (TPSA) is 90.8 Å². The highest BCUT2D eigenvalue weighted by Gasteiger charge is 2.22. The van der Waals surface area contributed by atoms with Crippen LogP contribution in [0, 0.1) is 0 Å². The zero-order valence-electron chi connectivity index (χ0n) is 11.6. The third-order valence-electron chi connectivity index (χ3n) is 3.44. The van der Waals surface area contributed by atoms with E-state index in [2.05, 4.69) is 9.97 Å². The Labute approximate surface area is 130 Å². The molecular weight excluding hydrogens is 306 g/mol. The molecule has 112 valence electrons. The fourth-order valence-corrected chi connectivity index (χ4v) is 2.62. The summed E-state index contributed by atoms with van der Waals surface area (Å²) in [4.78, 5) is 30.6. The van der Waals surface area contributed by atoms with E-state index in [1.165, 1.54) is 6.20 Å². The second kappa shape index (κ2) is 5.31. The van der Waals surface area contributed by atoms with Gasteiger partial charge in [-0.2, -0.15) is 0 Å². The van der Waals surface area contributed by atoms with Gasteiger partial charge in [-0.1, -0.05) is 17.7 Å². The van der Waals surface area contributed by atoms with Crippen LogP contribution < -0.4 is 5.11 Å². The van der Waals surface area contributed by atoms with E-state index in [0.29, 0.717) is 21.5 Å². The second-order valence-electron chi connectivity index (χ2n) is 4.91. The summed E-state index contributed by atoms with van der Waals surface area (Å²) in [5.41, 5.74) is 1.16. The Morgan fingerprint density at radius 1 is 1.41 bits per heavy atom. The predicted molar refractivity (Wildman–Crippen MR) is 78.7 cm³/mol. The first-order chi connectivity index (χ1) is 10.5. The zero-order chi connectivity index (χ0) is 15.9. The maximum absolute atomic E-state index is 12.6. The molecule has 0 atom stereocenters. The standard InChI is InChI=1S/C15H12ClN3O3/c1-19-5-4-17-15(19)14(22)13-10(7-12(20)21)9-3-2-8(16)6-11(9)18-13/h2-6,18H,7H2,1H3,(H,20,21)/p-1. The number of carbonyl (C=O) groups excluding carboxylic acids is 2. The SMILES string of the molecule is Cn1ccnc1C(=O)c1[nH]c2cc(Cl)ccc2c1CC(=O)[O-]. The van der Waals surface area contributed by atoms with Crippen molar-refractivity contribution in [3.05, 3.63) is 52.7 Å². The van der Waals surface area contributed by atoms with Crippen LogP contribution >= 0.6 is 11.6 Å². The molecule has 1 N–H and O–H groups in total. The number of nitrogens with zero attached hydrogens (tertiary/aromatic N) is 2. The molecule has 0 bridgehead atoms. The van der Waals surface area contributed by atoms with Gasteiger partial charge in [0, 0.05) is 47.8 Å². The van der Waals surface area contributed by atoms with Crippen LogP contribution in [0.15, 0.2) is 30.6 Å². The summed E-state index contributed by atoms with van der Waals surface area (Å²) in [6, 6.07) is 4.97. The quantitative estimate of drug-likeness (QED) is 0.729. The number of benzene rings is 1. The van der Waals surface area contributed by atoms with Crippen LogP contribution in [0.1, 0.15) is 21.9 Å². The summed E-state index contributed by atoms with van der Waals surface area (Å²) in [5, 5.41) is 12.1. The number of halogens is 1. The van der Waals surface area contributed by atoms with Crippen LogP contribution in [0.5, 0.6) is 0 Å². The highest BCUT2D eigenvalue weighted by Crippen LogP contribution is 2.27. The molecule has 0 aliphatic heterocycles. The average molecular weight is 317 g/mol. The number of aryl methyl sites for hydroxylation is 1. The zero-order valence-corrected chi connectivity index (χ0v) is 12.3. The number of carboxylic acid groups (broad SMARTS) is 1. The molecule has 0 saturated carbocycles. The van der Waals surface area contributed by atoms with Crippen molar-refractivity contribution < 1.29 is 14.7 Å². The Balaban J connectivity index is 2.21. The molecule has 0 aliphatic rings. The fourth-order valence-electron chi connectivity index (χ4n) is 2.45. The number of fused-ring (bicyclic) bond motifs is 1. The molecule has 0 radical (unpaired) electrons. The van der Waals surface area contributed by atoms with Crippen molar-refractivity contribution in [2.45, 2.75) is 6.42 Å². The van der Waals surface area contributed by atoms with Gasteiger partial charge in [-0.15, -0.1) is 0 Å². The van der Waals surface area contributed by atoms with Crippen molar-refractivity contribution in [1.82, 2.24) is 14.5 Å². The van der Waals surface area contributed by atoms with Crippen molar-refractivity contribution in [3.63, 3.8) is 0 Å². The lowest BCUT2D eigenvalue weighted by Crippen LogP contribution is -2.25. The summed E-state index contributed by atoms with van der Waals surface area (Å²) in [7, 11) is 1.69. The smallest absolute Gasteiger partial charge is 0.244 e. The Morgan fingerprint density at radius 3 is 2.82 bits per heavy atom. The number of nitrogens with one attached hydrogen (secondary N) is 1. The average Bonchev–Trinajstić information content (AvgIpc) is 3.02. The van der Waals surface area contributed by atoms with E-state index in [9.17, 15) is 14.7 Å². The first kappa shape index (κ1) is 14.3. The lowest BCUT2D eigenvalue weighted by atomic mass is 10.0. The van der Waals surface area contributed by atoms with Gasteiger partial charge in [0.15, 0.2) is 5.82 Å². The molecule has 0 saturated heterocycles. The first-order valence-corrected chi connectivity index (χ1v) is 6.87. The van der Waals surface area contributed by atoms with Gasteiger partial charge in [0.25, 0.3) is 0 Å². The van der Waals surface area contributed by atoms with Gasteiger partial charge in [-0.25, -0.2) is 4.98 Å². The third-order valence-corrected chi connectivity index (χ3v) is 3.68. The molecular formula is C15H11ClN3O3-. The third kappa shape index (κ3) is 2.37. The Kier molecular flexibility index (Phi) is 3.46. The van der Waals surface area contributed by atoms with Crippen molar-refractivity contribution in [2.75, 3.05) is 0 Å². The van der Waals surface area contributed by atoms with E-state index in [1.54, 1.807) is 36.0 Å². The number of ketones is 1. The number of aromatic amines is 1. The van der Waals surface area contributed by atoms with Crippen LogP contribution in [0.3, 0.4) is 0 Å². The Bertz CT molecular complexity index is 895. The van der Waals surface area contributed by atoms with Gasteiger partial charge in [0.05, 0.1) is 5.69 Å². The van der Waals surface area contributed by atoms with Crippen LogP contribution in [-0.2, 0) is 18.3 Å². The van der Waals surface area contributed by atoms with E-state index in [-0.39, 0.29) is 23.7 Å². The second-order valence-corrected chi connectivity index (χ2v) is 5.34. The van der Waals surface area contributed by atoms with Crippen molar-refractivity contribution in [3.8, 4) is 0 Å². The van der Waals surface area contributed by atoms with Crippen LogP contribution in [-0.4, -0.2) is 26.3 Å². The molecule has 0 unspecified atom stereocenters. The molecule has 7 heteroatoms. The molecule has 3 rings (SSSR count). The first-order valence-electron chi connectivity index (χ1n) is 6.49. The Hall–Kier alpha value is -2.60. The number of aromatic nitrogens is 3. The lowest BCUT2D eigenvalue weighted by molar-refractivity contribution is -0.304. The summed E-state index contributed by atoms with van der Waals surface area (Å²) in [6.45, 7) is 0. The maximum Gasteiger partial charge on any atom is 0.244 e. The van der Waals surface area contributed by atoms with Gasteiger partial charge >= 0.3 is 0 Å². The number of aliphatic carboxylic acids is 1. The van der Waals surface area contributed by atoms with Gasteiger partial charge in [0.1, 0.15) is 0 Å². The monoisotopic (exact) mass is 316 g/mol. The van der Waals surface area contributed by atoms with E-state index in [1.807, 2.05) is 0 Å². The number of carbonyl (C=O) groups is 2. The lowest BCUT2D eigenvalue weighted by Gasteiger charge is -2.05. The fraction of sp³-hybridized carbons (Fsp3) is 0.133. The summed E-state index contributed by atoms with van der Waals surface area (Å²) >= 11 is 5.94. The molecule has 0 aliphatic carbocycles. The molecule has 0 amide bonds. The number of hydrogen-bond donors (Lipinski definition) is 1. The van der Waals surface area contributed by atoms with Crippen molar-refractivity contribution >= 4 is 34.3 Å². The van der Waals surface area contributed by atoms with E-state index in [0.717, 1.165) is 0 Å². The van der Waals surface area contributed by atoms with Gasteiger partial charge in [-0.05, 0) is 17.7 Å². The minimum Gasteiger partial charge on any atom is -0.550 e. The molecule has 3 aromatic rings. The van der Waals surface area contributed by atoms with Crippen molar-refractivity contribution in [2.24, 2.45) is 7.05 Å². The number of imidazole rings is 1. The largest absolute Gasteiger partial charge is 0.550 e. The molecule has 1 aromatic carbocycles. The summed E-state index contributed by atoms with van der Waals surface area (Å²) in [5.74, 6) is -1.42. The molecule has 0 spiro atoms. The number of H-pyrrole nitrogens is 1. The normalized spacial score (nSPS) is 11.0. The van der Waals surface area contributed by atoms with Gasteiger partial charge < -0.3 is 19.5 Å². The molecule has 2 aromatic heterocycles. The highest BCUT2D eigenvalue weighted by atomic mass is 35.5. The van der Waals surface area contributed by atoms with Crippen LogP contribution in [0.4, 0.5) is 0 Å². The van der Waals surface area contributed by atoms with Crippen LogP contribution in [0.2, 0.25) is 5.02 Å². The molecule has 2 heterocycles. The highest BCUT2D eigenvalue weighted by molar-refractivity contribution is 6.31. The summed E-state index contributed by atoms with van der Waals surface area (Å²) in [6.07, 6.45) is 2.78. The minimum absolute atomic E-state index is 0.191. The van der Waals surface area contributed by atoms with E-state index in [4.69, 9.17) is 11.6 Å². The van der Waals surface area contributed by atoms with Gasteiger partial charge in [-0.3, -0.25) is 4.79 Å². The van der Waals surface area contributed by atoms with Gasteiger partial charge in [0.2, 0.25) is 5.78 Å².